The van der Waals surface area contributed by atoms with Crippen molar-refractivity contribution in [1.82, 2.24) is 0 Å². The van der Waals surface area contributed by atoms with Crippen LogP contribution in [0.15, 0.2) is 18.2 Å². The van der Waals surface area contributed by atoms with E-state index in [1.54, 1.807) is 7.11 Å². The van der Waals surface area contributed by atoms with Crippen molar-refractivity contribution >= 4 is 12.5 Å². The first-order valence-corrected chi connectivity index (χ1v) is 5.48. The maximum atomic E-state index is 8.00. The molecular formula is C13H19NO2. The summed E-state index contributed by atoms with van der Waals surface area (Å²) >= 11 is 0. The molecular weight excluding hydrogens is 202 g/mol. The van der Waals surface area contributed by atoms with Crippen LogP contribution in [0.25, 0.3) is 0 Å². The zero-order valence-electron chi connectivity index (χ0n) is 10.0. The summed E-state index contributed by atoms with van der Waals surface area (Å²) in [6, 6.07) is 6.37. The number of aryl methyl sites for hydroxylation is 1. The summed E-state index contributed by atoms with van der Waals surface area (Å²) in [5.41, 5.74) is 2.78. The molecule has 0 spiro atoms. The molecule has 1 heterocycles. The molecule has 1 aromatic carbocycles. The van der Waals surface area contributed by atoms with E-state index in [2.05, 4.69) is 24.1 Å². The van der Waals surface area contributed by atoms with Crippen LogP contribution >= 0.6 is 0 Å². The van der Waals surface area contributed by atoms with Gasteiger partial charge in [0.2, 0.25) is 0 Å². The minimum absolute atomic E-state index is 0.971. The highest BCUT2D eigenvalue weighted by Crippen LogP contribution is 2.28. The number of methoxy groups -OCH3 is 1. The fraction of sp³-hybridized carbons (Fsp3) is 0.462. The van der Waals surface area contributed by atoms with E-state index >= 15 is 0 Å². The predicted molar refractivity (Wildman–Crippen MR) is 66.3 cm³/mol. The number of carbonyl (C=O) groups excluding carboxylic acids is 1. The number of benzene rings is 1. The summed E-state index contributed by atoms with van der Waals surface area (Å²) in [4.78, 5) is 10.3. The number of carbonyl (C=O) groups is 1. The van der Waals surface area contributed by atoms with Crippen molar-refractivity contribution in [3.63, 3.8) is 0 Å². The molecule has 1 aromatic rings. The van der Waals surface area contributed by atoms with Gasteiger partial charge in [-0.25, -0.2) is 0 Å². The highest BCUT2D eigenvalue weighted by molar-refractivity contribution is 5.56. The standard InChI is InChI=1S/C12H17NO.CH2O/c1-13-8-4-3-5-10-9-11(14-2)6-7-12(10)13;1-2/h6-7,9H,3-5,8H2,1-2H3;1H2. The molecule has 0 saturated carbocycles. The second-order valence-corrected chi connectivity index (χ2v) is 3.87. The maximum absolute atomic E-state index is 8.00. The van der Waals surface area contributed by atoms with Gasteiger partial charge in [0.15, 0.2) is 0 Å². The highest BCUT2D eigenvalue weighted by Gasteiger charge is 2.12. The molecule has 0 atom stereocenters. The highest BCUT2D eigenvalue weighted by atomic mass is 16.5. The lowest BCUT2D eigenvalue weighted by atomic mass is 10.1. The fourth-order valence-electron chi connectivity index (χ4n) is 2.05. The molecule has 0 bridgehead atoms. The summed E-state index contributed by atoms with van der Waals surface area (Å²) in [6.45, 7) is 3.17. The topological polar surface area (TPSA) is 29.5 Å². The maximum Gasteiger partial charge on any atom is 0.119 e. The Hall–Kier alpha value is -1.51. The van der Waals surface area contributed by atoms with Gasteiger partial charge in [-0.1, -0.05) is 0 Å². The molecule has 3 nitrogen and oxygen atoms in total. The van der Waals surface area contributed by atoms with E-state index in [9.17, 15) is 0 Å². The van der Waals surface area contributed by atoms with Crippen LogP contribution in [0, 0.1) is 0 Å². The Morgan fingerprint density at radius 2 is 2.06 bits per heavy atom. The van der Waals surface area contributed by atoms with E-state index in [4.69, 9.17) is 9.53 Å². The lowest BCUT2D eigenvalue weighted by Gasteiger charge is -2.19. The second kappa shape index (κ2) is 6.16. The number of anilines is 1. The third kappa shape index (κ3) is 2.75. The zero-order valence-corrected chi connectivity index (χ0v) is 10.0. The zero-order chi connectivity index (χ0) is 12.0. The van der Waals surface area contributed by atoms with Crippen molar-refractivity contribution in [1.29, 1.82) is 0 Å². The molecule has 0 fully saturated rings. The Bertz CT molecular complexity index is 339. The third-order valence-electron chi connectivity index (χ3n) is 2.89. The Balaban J connectivity index is 0.000000606. The van der Waals surface area contributed by atoms with E-state index in [1.165, 1.54) is 37.1 Å². The van der Waals surface area contributed by atoms with Gasteiger partial charge in [-0.2, -0.15) is 0 Å². The summed E-state index contributed by atoms with van der Waals surface area (Å²) in [6.07, 6.45) is 3.74. The average Bonchev–Trinajstić information content (AvgIpc) is 2.53. The van der Waals surface area contributed by atoms with Crippen molar-refractivity contribution in [3.8, 4) is 5.75 Å². The summed E-state index contributed by atoms with van der Waals surface area (Å²) in [5.74, 6) is 0.971. The number of hydrogen-bond donors (Lipinski definition) is 0. The van der Waals surface area contributed by atoms with E-state index in [0.29, 0.717) is 0 Å². The van der Waals surface area contributed by atoms with Gasteiger partial charge in [-0.05, 0) is 43.0 Å². The normalized spacial score (nSPS) is 14.2. The van der Waals surface area contributed by atoms with Crippen LogP contribution in [0.2, 0.25) is 0 Å². The summed E-state index contributed by atoms with van der Waals surface area (Å²) in [7, 11) is 3.89. The van der Waals surface area contributed by atoms with Gasteiger partial charge in [0.25, 0.3) is 0 Å². The van der Waals surface area contributed by atoms with Crippen molar-refractivity contribution in [3.05, 3.63) is 23.8 Å². The van der Waals surface area contributed by atoms with Crippen molar-refractivity contribution in [2.75, 3.05) is 25.6 Å². The van der Waals surface area contributed by atoms with Crippen LogP contribution in [0.3, 0.4) is 0 Å². The molecule has 0 saturated heterocycles. The second-order valence-electron chi connectivity index (χ2n) is 3.87. The van der Waals surface area contributed by atoms with Crippen LogP contribution in [0.5, 0.6) is 5.75 Å². The van der Waals surface area contributed by atoms with Gasteiger partial charge in [-0.15, -0.1) is 0 Å². The molecule has 0 unspecified atom stereocenters. The quantitative estimate of drug-likeness (QED) is 0.728. The van der Waals surface area contributed by atoms with Crippen LogP contribution in [-0.4, -0.2) is 27.5 Å². The molecule has 0 N–H and O–H groups in total. The Labute approximate surface area is 97.0 Å². The molecule has 2 rings (SSSR count). The SMILES string of the molecule is C=O.COc1ccc2c(c1)CCCCN2C. The molecule has 0 radical (unpaired) electrons. The van der Waals surface area contributed by atoms with Gasteiger partial charge in [-0.3, -0.25) is 0 Å². The lowest BCUT2D eigenvalue weighted by molar-refractivity contribution is -0.0979. The Kier molecular flexibility index (Phi) is 4.83. The molecule has 3 heteroatoms. The molecule has 0 aliphatic carbocycles. The smallest absolute Gasteiger partial charge is 0.119 e. The van der Waals surface area contributed by atoms with Crippen LogP contribution < -0.4 is 9.64 Å². The minimum atomic E-state index is 0.971. The van der Waals surface area contributed by atoms with E-state index in [1.807, 2.05) is 12.9 Å². The first-order chi connectivity index (χ1) is 7.81. The number of hydrogen-bond acceptors (Lipinski definition) is 3. The van der Waals surface area contributed by atoms with Gasteiger partial charge in [0.1, 0.15) is 12.5 Å². The van der Waals surface area contributed by atoms with Crippen molar-refractivity contribution < 1.29 is 9.53 Å². The Morgan fingerprint density at radius 3 is 2.75 bits per heavy atom. The van der Waals surface area contributed by atoms with Crippen molar-refractivity contribution in [2.24, 2.45) is 0 Å². The number of nitrogens with zero attached hydrogens (tertiary/aromatic N) is 1. The molecule has 88 valence electrons. The van der Waals surface area contributed by atoms with Crippen LogP contribution in [0.1, 0.15) is 18.4 Å². The van der Waals surface area contributed by atoms with Crippen LogP contribution in [-0.2, 0) is 11.2 Å². The average molecular weight is 221 g/mol. The minimum Gasteiger partial charge on any atom is -0.497 e. The molecule has 1 aliphatic rings. The van der Waals surface area contributed by atoms with Gasteiger partial charge in [0, 0.05) is 19.3 Å². The monoisotopic (exact) mass is 221 g/mol. The number of rotatable bonds is 1. The summed E-state index contributed by atoms with van der Waals surface area (Å²) < 4.78 is 5.24. The van der Waals surface area contributed by atoms with Crippen LogP contribution in [0.4, 0.5) is 5.69 Å². The van der Waals surface area contributed by atoms with Crippen molar-refractivity contribution in [2.45, 2.75) is 19.3 Å². The molecule has 1 aliphatic heterocycles. The number of ether oxygens (including phenoxy) is 1. The Morgan fingerprint density at radius 1 is 1.31 bits per heavy atom. The van der Waals surface area contributed by atoms with E-state index in [-0.39, 0.29) is 0 Å². The number of fused-ring (bicyclic) bond motifs is 1. The van der Waals surface area contributed by atoms with Gasteiger partial charge < -0.3 is 14.4 Å². The summed E-state index contributed by atoms with van der Waals surface area (Å²) in [5, 5.41) is 0. The molecule has 16 heavy (non-hydrogen) atoms. The lowest BCUT2D eigenvalue weighted by Crippen LogP contribution is -2.17. The molecule has 0 aromatic heterocycles. The molecule has 0 amide bonds. The first-order valence-electron chi connectivity index (χ1n) is 5.48. The first kappa shape index (κ1) is 12.6. The van der Waals surface area contributed by atoms with E-state index < -0.39 is 0 Å². The van der Waals surface area contributed by atoms with Gasteiger partial charge >= 0.3 is 0 Å². The van der Waals surface area contributed by atoms with Gasteiger partial charge in [0.05, 0.1) is 7.11 Å². The third-order valence-corrected chi connectivity index (χ3v) is 2.89. The largest absolute Gasteiger partial charge is 0.497 e. The fourth-order valence-corrected chi connectivity index (χ4v) is 2.05. The van der Waals surface area contributed by atoms with E-state index in [0.717, 1.165) is 5.75 Å². The predicted octanol–water partition coefficient (Wildman–Crippen LogP) is 2.28.